The standard InChI is InChI=1S/C23H31N5O3/c1-15(2)12-24-22(29)18-8-10-27(11-9-18)23(30)21-19-14-31-20(13-28(19)26-25-21)17-6-4-16(3)5-7-17/h4-7,15,18,20H,8-14H2,1-3H3,(H,24,29)/t20-/m1/s1. The summed E-state index contributed by atoms with van der Waals surface area (Å²) in [7, 11) is 0. The number of carbonyl (C=O) groups excluding carboxylic acids is 2. The van der Waals surface area contributed by atoms with E-state index in [4.69, 9.17) is 4.74 Å². The smallest absolute Gasteiger partial charge is 0.276 e. The first-order valence-corrected chi connectivity index (χ1v) is 11.1. The zero-order valence-corrected chi connectivity index (χ0v) is 18.5. The molecule has 31 heavy (non-hydrogen) atoms. The van der Waals surface area contributed by atoms with Crippen molar-refractivity contribution in [3.63, 3.8) is 0 Å². The molecular weight excluding hydrogens is 394 g/mol. The molecule has 2 aliphatic heterocycles. The Bertz CT molecular complexity index is 929. The van der Waals surface area contributed by atoms with Gasteiger partial charge in [0.15, 0.2) is 5.69 Å². The van der Waals surface area contributed by atoms with Crippen molar-refractivity contribution in [2.24, 2.45) is 11.8 Å². The van der Waals surface area contributed by atoms with Gasteiger partial charge in [-0.15, -0.1) is 5.10 Å². The summed E-state index contributed by atoms with van der Waals surface area (Å²) in [6.45, 7) is 8.85. The molecule has 0 radical (unpaired) electrons. The molecule has 0 spiro atoms. The summed E-state index contributed by atoms with van der Waals surface area (Å²) in [4.78, 5) is 27.2. The maximum atomic E-state index is 13.1. The fourth-order valence-corrected chi connectivity index (χ4v) is 4.10. The van der Waals surface area contributed by atoms with E-state index in [0.29, 0.717) is 57.2 Å². The third kappa shape index (κ3) is 4.79. The van der Waals surface area contributed by atoms with Crippen molar-refractivity contribution >= 4 is 11.8 Å². The Balaban J connectivity index is 1.36. The number of benzene rings is 1. The molecule has 0 bridgehead atoms. The van der Waals surface area contributed by atoms with Crippen LogP contribution in [0, 0.1) is 18.8 Å². The summed E-state index contributed by atoms with van der Waals surface area (Å²) in [5, 5.41) is 11.4. The van der Waals surface area contributed by atoms with Gasteiger partial charge < -0.3 is 15.0 Å². The zero-order valence-electron chi connectivity index (χ0n) is 18.5. The van der Waals surface area contributed by atoms with Crippen molar-refractivity contribution in [1.29, 1.82) is 0 Å². The second-order valence-corrected chi connectivity index (χ2v) is 8.98. The van der Waals surface area contributed by atoms with Crippen molar-refractivity contribution in [3.05, 3.63) is 46.8 Å². The number of aromatic nitrogens is 3. The van der Waals surface area contributed by atoms with Crippen molar-refractivity contribution in [2.45, 2.75) is 52.9 Å². The Hall–Kier alpha value is -2.74. The minimum atomic E-state index is -0.125. The number of piperidine rings is 1. The van der Waals surface area contributed by atoms with Gasteiger partial charge in [0.1, 0.15) is 6.10 Å². The number of nitrogens with zero attached hydrogens (tertiary/aromatic N) is 4. The topological polar surface area (TPSA) is 89.4 Å². The van der Waals surface area contributed by atoms with E-state index in [0.717, 1.165) is 11.3 Å². The normalized spacial score (nSPS) is 19.4. The molecule has 3 heterocycles. The fraction of sp³-hybridized carbons (Fsp3) is 0.565. The first-order chi connectivity index (χ1) is 14.9. The van der Waals surface area contributed by atoms with E-state index < -0.39 is 0 Å². The largest absolute Gasteiger partial charge is 0.365 e. The molecule has 8 nitrogen and oxygen atoms in total. The van der Waals surface area contributed by atoms with Crippen LogP contribution in [0.4, 0.5) is 0 Å². The second kappa shape index (κ2) is 9.18. The summed E-state index contributed by atoms with van der Waals surface area (Å²) in [6.07, 6.45) is 1.24. The third-order valence-electron chi connectivity index (χ3n) is 6.09. The first kappa shape index (κ1) is 21.5. The number of hydrogen-bond donors (Lipinski definition) is 1. The van der Waals surface area contributed by atoms with Gasteiger partial charge in [-0.2, -0.15) is 0 Å². The molecule has 0 saturated carbocycles. The van der Waals surface area contributed by atoms with Crippen LogP contribution in [0.15, 0.2) is 24.3 Å². The summed E-state index contributed by atoms with van der Waals surface area (Å²) in [6, 6.07) is 8.26. The molecule has 166 valence electrons. The van der Waals surface area contributed by atoms with Crippen molar-refractivity contribution < 1.29 is 14.3 Å². The molecule has 2 amide bonds. The number of aryl methyl sites for hydroxylation is 1. The number of amides is 2. The molecule has 1 aromatic carbocycles. The average Bonchev–Trinajstić information content (AvgIpc) is 3.21. The van der Waals surface area contributed by atoms with Crippen LogP contribution < -0.4 is 5.32 Å². The number of rotatable bonds is 5. The molecule has 1 atom stereocenters. The first-order valence-electron chi connectivity index (χ1n) is 11.1. The Morgan fingerprint density at radius 2 is 1.90 bits per heavy atom. The van der Waals surface area contributed by atoms with Gasteiger partial charge >= 0.3 is 0 Å². The summed E-state index contributed by atoms with van der Waals surface area (Å²) in [5.41, 5.74) is 3.39. The van der Waals surface area contributed by atoms with E-state index in [-0.39, 0.29) is 23.8 Å². The molecule has 2 aromatic rings. The van der Waals surface area contributed by atoms with E-state index in [9.17, 15) is 9.59 Å². The van der Waals surface area contributed by atoms with Gasteiger partial charge in [0.05, 0.1) is 18.8 Å². The lowest BCUT2D eigenvalue weighted by molar-refractivity contribution is -0.126. The molecule has 1 N–H and O–H groups in total. The Morgan fingerprint density at radius 1 is 1.19 bits per heavy atom. The van der Waals surface area contributed by atoms with Crippen LogP contribution in [0.1, 0.15) is 60.1 Å². The zero-order chi connectivity index (χ0) is 22.0. The van der Waals surface area contributed by atoms with Crippen LogP contribution >= 0.6 is 0 Å². The quantitative estimate of drug-likeness (QED) is 0.795. The van der Waals surface area contributed by atoms with Crippen molar-refractivity contribution in [3.8, 4) is 0 Å². The van der Waals surface area contributed by atoms with Crippen LogP contribution in [0.25, 0.3) is 0 Å². The lowest BCUT2D eigenvalue weighted by Crippen LogP contribution is -2.44. The maximum Gasteiger partial charge on any atom is 0.276 e. The minimum Gasteiger partial charge on any atom is -0.365 e. The highest BCUT2D eigenvalue weighted by Gasteiger charge is 2.33. The predicted molar refractivity (Wildman–Crippen MR) is 115 cm³/mol. The lowest BCUT2D eigenvalue weighted by Gasteiger charge is -2.31. The summed E-state index contributed by atoms with van der Waals surface area (Å²) in [5.74, 6) is 0.366. The van der Waals surface area contributed by atoms with Crippen molar-refractivity contribution in [2.75, 3.05) is 19.6 Å². The highest BCUT2D eigenvalue weighted by molar-refractivity contribution is 5.93. The Morgan fingerprint density at radius 3 is 2.58 bits per heavy atom. The van der Waals surface area contributed by atoms with Gasteiger partial charge in [0.25, 0.3) is 5.91 Å². The third-order valence-corrected chi connectivity index (χ3v) is 6.09. The second-order valence-electron chi connectivity index (χ2n) is 8.98. The molecule has 1 fully saturated rings. The molecule has 2 aliphatic rings. The van der Waals surface area contributed by atoms with Crippen LogP contribution in [0.5, 0.6) is 0 Å². The maximum absolute atomic E-state index is 13.1. The SMILES string of the molecule is Cc1ccc([C@H]2Cn3nnc(C(=O)N4CCC(C(=O)NCC(C)C)CC4)c3CO2)cc1. The van der Waals surface area contributed by atoms with Gasteiger partial charge in [-0.1, -0.05) is 48.9 Å². The number of carbonyl (C=O) groups is 2. The van der Waals surface area contributed by atoms with Crippen LogP contribution in [0.3, 0.4) is 0 Å². The van der Waals surface area contributed by atoms with Crippen LogP contribution in [-0.2, 0) is 22.7 Å². The Kier molecular flexibility index (Phi) is 6.36. The van der Waals surface area contributed by atoms with E-state index in [2.05, 4.69) is 60.7 Å². The Labute approximate surface area is 182 Å². The number of likely N-dealkylation sites (tertiary alicyclic amines) is 1. The molecule has 0 unspecified atom stereocenters. The monoisotopic (exact) mass is 425 g/mol. The van der Waals surface area contributed by atoms with E-state index in [1.54, 1.807) is 9.58 Å². The molecule has 0 aliphatic carbocycles. The van der Waals surface area contributed by atoms with Gasteiger partial charge in [-0.05, 0) is 31.2 Å². The van der Waals surface area contributed by atoms with Crippen molar-refractivity contribution in [1.82, 2.24) is 25.2 Å². The van der Waals surface area contributed by atoms with E-state index >= 15 is 0 Å². The molecule has 8 heteroatoms. The van der Waals surface area contributed by atoms with E-state index in [1.165, 1.54) is 5.56 Å². The molecule has 4 rings (SSSR count). The number of ether oxygens (including phenoxy) is 1. The van der Waals surface area contributed by atoms with E-state index in [1.807, 2.05) is 0 Å². The summed E-state index contributed by atoms with van der Waals surface area (Å²) >= 11 is 0. The molecule has 1 aromatic heterocycles. The predicted octanol–water partition coefficient (Wildman–Crippen LogP) is 2.48. The van der Waals surface area contributed by atoms with Crippen LogP contribution in [0.2, 0.25) is 0 Å². The lowest BCUT2D eigenvalue weighted by atomic mass is 9.95. The number of nitrogens with one attached hydrogen (secondary N) is 1. The number of hydrogen-bond acceptors (Lipinski definition) is 5. The van der Waals surface area contributed by atoms with Gasteiger partial charge in [-0.3, -0.25) is 9.59 Å². The highest BCUT2D eigenvalue weighted by atomic mass is 16.5. The highest BCUT2D eigenvalue weighted by Crippen LogP contribution is 2.28. The molecular formula is C23H31N5O3. The average molecular weight is 426 g/mol. The van der Waals surface area contributed by atoms with Gasteiger partial charge in [-0.25, -0.2) is 4.68 Å². The van der Waals surface area contributed by atoms with Gasteiger partial charge in [0, 0.05) is 25.6 Å². The van der Waals surface area contributed by atoms with Gasteiger partial charge in [0.2, 0.25) is 5.91 Å². The summed E-state index contributed by atoms with van der Waals surface area (Å²) < 4.78 is 7.82. The number of fused-ring (bicyclic) bond motifs is 1. The molecule has 1 saturated heterocycles. The fourth-order valence-electron chi connectivity index (χ4n) is 4.10. The van der Waals surface area contributed by atoms with Crippen LogP contribution in [-0.4, -0.2) is 51.3 Å². The minimum absolute atomic E-state index is 0.0320.